The highest BCUT2D eigenvalue weighted by Gasteiger charge is 2.36. The molecular weight excluding hydrogens is 162 g/mol. The quantitative estimate of drug-likeness (QED) is 0.727. The first kappa shape index (κ1) is 10.7. The third-order valence-corrected chi connectivity index (χ3v) is 2.95. The predicted molar refractivity (Wildman–Crippen MR) is 54.8 cm³/mol. The van der Waals surface area contributed by atoms with E-state index in [0.29, 0.717) is 11.8 Å². The van der Waals surface area contributed by atoms with Gasteiger partial charge in [-0.05, 0) is 33.6 Å². The fraction of sp³-hybridized carbons (Fsp3) is 0.909. The molecule has 0 aliphatic heterocycles. The third-order valence-electron chi connectivity index (χ3n) is 2.95. The van der Waals surface area contributed by atoms with Crippen molar-refractivity contribution in [2.45, 2.75) is 64.5 Å². The number of rotatable bonds is 3. The molecule has 1 fully saturated rings. The van der Waals surface area contributed by atoms with E-state index in [1.54, 1.807) is 6.92 Å². The van der Waals surface area contributed by atoms with Crippen LogP contribution in [0.25, 0.3) is 0 Å². The van der Waals surface area contributed by atoms with Crippen molar-refractivity contribution in [3.63, 3.8) is 0 Å². The lowest BCUT2D eigenvalue weighted by molar-refractivity contribution is -0.125. The van der Waals surface area contributed by atoms with Gasteiger partial charge in [-0.25, -0.2) is 0 Å². The number of hydrogen-bond acceptors (Lipinski definition) is 2. The summed E-state index contributed by atoms with van der Waals surface area (Å²) in [6.45, 7) is 5.94. The summed E-state index contributed by atoms with van der Waals surface area (Å²) in [5, 5.41) is 3.45. The van der Waals surface area contributed by atoms with Crippen molar-refractivity contribution in [2.24, 2.45) is 0 Å². The van der Waals surface area contributed by atoms with Gasteiger partial charge in [-0.3, -0.25) is 4.79 Å². The number of hydrogen-bond donors (Lipinski definition) is 1. The highest BCUT2D eigenvalue weighted by molar-refractivity contribution is 5.86. The summed E-state index contributed by atoms with van der Waals surface area (Å²) in [5.74, 6) is 0.320. The van der Waals surface area contributed by atoms with Gasteiger partial charge in [0.1, 0.15) is 5.78 Å². The normalized spacial score (nSPS) is 21.8. The molecule has 0 aromatic carbocycles. The lowest BCUT2D eigenvalue weighted by atomic mass is 9.78. The maximum atomic E-state index is 11.6. The first-order valence-corrected chi connectivity index (χ1v) is 5.35. The molecule has 13 heavy (non-hydrogen) atoms. The largest absolute Gasteiger partial charge is 0.303 e. The molecule has 0 unspecified atom stereocenters. The lowest BCUT2D eigenvalue weighted by Gasteiger charge is -2.37. The van der Waals surface area contributed by atoms with Crippen LogP contribution in [0.2, 0.25) is 0 Å². The first-order chi connectivity index (χ1) is 6.07. The molecule has 0 spiro atoms. The summed E-state index contributed by atoms with van der Waals surface area (Å²) in [4.78, 5) is 11.6. The monoisotopic (exact) mass is 183 g/mol. The minimum absolute atomic E-state index is 0.188. The molecule has 0 atom stereocenters. The van der Waals surface area contributed by atoms with Crippen LogP contribution < -0.4 is 5.32 Å². The maximum Gasteiger partial charge on any atom is 0.149 e. The van der Waals surface area contributed by atoms with Crippen molar-refractivity contribution in [1.29, 1.82) is 0 Å². The van der Waals surface area contributed by atoms with E-state index < -0.39 is 0 Å². The standard InChI is InChI=1S/C11H21NO/c1-9(2)12-11(10(3)13)7-5-4-6-8-11/h9,12H,4-8H2,1-3H3. The van der Waals surface area contributed by atoms with E-state index in [1.165, 1.54) is 19.3 Å². The second-order valence-corrected chi connectivity index (χ2v) is 4.50. The van der Waals surface area contributed by atoms with Gasteiger partial charge >= 0.3 is 0 Å². The summed E-state index contributed by atoms with van der Waals surface area (Å²) in [6.07, 6.45) is 5.73. The molecule has 1 aliphatic rings. The van der Waals surface area contributed by atoms with Gasteiger partial charge in [-0.2, -0.15) is 0 Å². The number of nitrogens with one attached hydrogen (secondary N) is 1. The summed E-state index contributed by atoms with van der Waals surface area (Å²) in [6, 6.07) is 0.405. The minimum Gasteiger partial charge on any atom is -0.303 e. The molecule has 1 N–H and O–H groups in total. The Morgan fingerprint density at radius 3 is 2.15 bits per heavy atom. The molecule has 0 amide bonds. The van der Waals surface area contributed by atoms with Crippen molar-refractivity contribution >= 4 is 5.78 Å². The van der Waals surface area contributed by atoms with Crippen LogP contribution in [0.5, 0.6) is 0 Å². The van der Waals surface area contributed by atoms with Crippen LogP contribution in [-0.2, 0) is 4.79 Å². The number of Topliss-reactive ketones (excluding diaryl/α,β-unsaturated/α-hetero) is 1. The zero-order valence-electron chi connectivity index (χ0n) is 9.02. The van der Waals surface area contributed by atoms with Crippen LogP contribution in [-0.4, -0.2) is 17.4 Å². The Morgan fingerprint density at radius 1 is 1.23 bits per heavy atom. The van der Waals surface area contributed by atoms with E-state index >= 15 is 0 Å². The van der Waals surface area contributed by atoms with Gasteiger partial charge in [0.05, 0.1) is 5.54 Å². The molecular formula is C11H21NO. The summed E-state index contributed by atoms with van der Waals surface area (Å²) in [5.41, 5.74) is -0.188. The van der Waals surface area contributed by atoms with Crippen molar-refractivity contribution in [3.8, 4) is 0 Å². The molecule has 1 aliphatic carbocycles. The molecule has 0 aromatic rings. The van der Waals surface area contributed by atoms with Crippen molar-refractivity contribution in [2.75, 3.05) is 0 Å². The Morgan fingerprint density at radius 2 is 1.77 bits per heavy atom. The lowest BCUT2D eigenvalue weighted by Crippen LogP contribution is -2.54. The molecule has 2 heteroatoms. The zero-order valence-corrected chi connectivity index (χ0v) is 9.02. The second-order valence-electron chi connectivity index (χ2n) is 4.50. The molecule has 1 rings (SSSR count). The smallest absolute Gasteiger partial charge is 0.149 e. The van der Waals surface area contributed by atoms with Crippen molar-refractivity contribution in [1.82, 2.24) is 5.32 Å². The number of ketones is 1. The molecule has 2 nitrogen and oxygen atoms in total. The zero-order chi connectivity index (χ0) is 9.90. The topological polar surface area (TPSA) is 29.1 Å². The molecule has 76 valence electrons. The number of carbonyl (C=O) groups excluding carboxylic acids is 1. The Kier molecular flexibility index (Phi) is 3.48. The maximum absolute atomic E-state index is 11.6. The Labute approximate surface area is 81.1 Å². The highest BCUT2D eigenvalue weighted by atomic mass is 16.1. The van der Waals surface area contributed by atoms with Crippen molar-refractivity contribution < 1.29 is 4.79 Å². The van der Waals surface area contributed by atoms with Gasteiger partial charge in [0.2, 0.25) is 0 Å². The van der Waals surface area contributed by atoms with E-state index in [1.807, 2.05) is 0 Å². The Hall–Kier alpha value is -0.370. The van der Waals surface area contributed by atoms with Crippen LogP contribution in [0, 0.1) is 0 Å². The van der Waals surface area contributed by atoms with Crippen LogP contribution in [0.15, 0.2) is 0 Å². The van der Waals surface area contributed by atoms with Gasteiger partial charge in [0, 0.05) is 6.04 Å². The molecule has 0 aromatic heterocycles. The SMILES string of the molecule is CC(=O)C1(NC(C)C)CCCCC1. The van der Waals surface area contributed by atoms with E-state index in [0.717, 1.165) is 12.8 Å². The minimum atomic E-state index is -0.188. The fourth-order valence-corrected chi connectivity index (χ4v) is 2.31. The van der Waals surface area contributed by atoms with E-state index in [4.69, 9.17) is 0 Å². The third kappa shape index (κ3) is 2.53. The summed E-state index contributed by atoms with van der Waals surface area (Å²) in [7, 11) is 0. The average Bonchev–Trinajstić information content (AvgIpc) is 2.04. The van der Waals surface area contributed by atoms with Gasteiger partial charge in [-0.1, -0.05) is 19.3 Å². The van der Waals surface area contributed by atoms with Gasteiger partial charge in [0.25, 0.3) is 0 Å². The Bertz CT molecular complexity index is 181. The van der Waals surface area contributed by atoms with E-state index in [9.17, 15) is 4.79 Å². The van der Waals surface area contributed by atoms with Gasteiger partial charge in [0.15, 0.2) is 0 Å². The fourth-order valence-electron chi connectivity index (χ4n) is 2.31. The van der Waals surface area contributed by atoms with Gasteiger partial charge in [-0.15, -0.1) is 0 Å². The van der Waals surface area contributed by atoms with Crippen LogP contribution in [0.3, 0.4) is 0 Å². The van der Waals surface area contributed by atoms with E-state index in [2.05, 4.69) is 19.2 Å². The number of carbonyl (C=O) groups is 1. The summed E-state index contributed by atoms with van der Waals surface area (Å²) >= 11 is 0. The van der Waals surface area contributed by atoms with Crippen molar-refractivity contribution in [3.05, 3.63) is 0 Å². The molecule has 0 saturated heterocycles. The van der Waals surface area contributed by atoms with Gasteiger partial charge < -0.3 is 5.32 Å². The average molecular weight is 183 g/mol. The highest BCUT2D eigenvalue weighted by Crippen LogP contribution is 2.29. The second kappa shape index (κ2) is 4.23. The molecule has 1 saturated carbocycles. The predicted octanol–water partition coefficient (Wildman–Crippen LogP) is 2.28. The Balaban J connectivity index is 2.67. The van der Waals surface area contributed by atoms with E-state index in [-0.39, 0.29) is 5.54 Å². The van der Waals surface area contributed by atoms with Crippen LogP contribution in [0.4, 0.5) is 0 Å². The first-order valence-electron chi connectivity index (χ1n) is 5.35. The molecule has 0 radical (unpaired) electrons. The molecule has 0 heterocycles. The van der Waals surface area contributed by atoms with Crippen LogP contribution in [0.1, 0.15) is 52.9 Å². The van der Waals surface area contributed by atoms with Crippen LogP contribution >= 0.6 is 0 Å². The summed E-state index contributed by atoms with van der Waals surface area (Å²) < 4.78 is 0. The molecule has 0 bridgehead atoms.